The lowest BCUT2D eigenvalue weighted by Gasteiger charge is -2.10. The standard InChI is InChI=1S/C18H18N4O2S/c23-18(17-8-7-16(25-17)15-6-3-9-24-15)20-10-13-4-1-2-5-14(13)22-12-19-11-21-22/h1-2,4-5,7-8,11-12,15H,3,6,9-10H2,(H,20,23). The highest BCUT2D eigenvalue weighted by Gasteiger charge is 2.21. The average molecular weight is 354 g/mol. The molecule has 0 saturated carbocycles. The van der Waals surface area contributed by atoms with Crippen molar-refractivity contribution in [1.29, 1.82) is 0 Å². The number of hydrogen-bond donors (Lipinski definition) is 1. The maximum absolute atomic E-state index is 12.5. The maximum Gasteiger partial charge on any atom is 0.261 e. The molecule has 1 atom stereocenters. The normalized spacial score (nSPS) is 16.9. The average Bonchev–Trinajstić information content (AvgIpc) is 3.41. The van der Waals surface area contributed by atoms with Crippen molar-refractivity contribution in [3.8, 4) is 5.69 Å². The topological polar surface area (TPSA) is 69.0 Å². The molecule has 3 aromatic rings. The summed E-state index contributed by atoms with van der Waals surface area (Å²) in [6.07, 6.45) is 5.41. The minimum Gasteiger partial charge on any atom is -0.373 e. The van der Waals surface area contributed by atoms with Crippen LogP contribution in [0.3, 0.4) is 0 Å². The molecule has 0 bridgehead atoms. The molecule has 1 N–H and O–H groups in total. The number of rotatable bonds is 5. The molecule has 1 aliphatic rings. The number of nitrogens with one attached hydrogen (secondary N) is 1. The van der Waals surface area contributed by atoms with Gasteiger partial charge in [0.05, 0.1) is 16.7 Å². The summed E-state index contributed by atoms with van der Waals surface area (Å²) in [5.74, 6) is -0.0670. The molecule has 0 radical (unpaired) electrons. The van der Waals surface area contributed by atoms with Gasteiger partial charge in [-0.05, 0) is 36.6 Å². The molecule has 1 unspecified atom stereocenters. The summed E-state index contributed by atoms with van der Waals surface area (Å²) in [5, 5.41) is 7.15. The van der Waals surface area contributed by atoms with E-state index in [2.05, 4.69) is 15.4 Å². The first kappa shape index (κ1) is 16.0. The Hall–Kier alpha value is -2.51. The minimum absolute atomic E-state index is 0.0670. The van der Waals surface area contributed by atoms with Gasteiger partial charge < -0.3 is 10.1 Å². The Labute approximate surface area is 149 Å². The van der Waals surface area contributed by atoms with E-state index in [0.717, 1.165) is 35.6 Å². The molecule has 0 spiro atoms. The first-order chi connectivity index (χ1) is 12.3. The summed E-state index contributed by atoms with van der Waals surface area (Å²) in [5.41, 5.74) is 1.89. The van der Waals surface area contributed by atoms with Gasteiger partial charge in [0.25, 0.3) is 5.91 Å². The van der Waals surface area contributed by atoms with Gasteiger partial charge in [-0.3, -0.25) is 4.79 Å². The Morgan fingerprint density at radius 3 is 3.04 bits per heavy atom. The van der Waals surface area contributed by atoms with Crippen LogP contribution in [-0.4, -0.2) is 27.3 Å². The van der Waals surface area contributed by atoms with Crippen LogP contribution in [0.5, 0.6) is 0 Å². The molecule has 1 amide bonds. The van der Waals surface area contributed by atoms with E-state index in [1.165, 1.54) is 17.7 Å². The fourth-order valence-electron chi connectivity index (χ4n) is 2.93. The highest BCUT2D eigenvalue weighted by molar-refractivity contribution is 7.14. The van der Waals surface area contributed by atoms with Gasteiger partial charge in [0, 0.05) is 18.0 Å². The highest BCUT2D eigenvalue weighted by Crippen LogP contribution is 2.33. The van der Waals surface area contributed by atoms with Gasteiger partial charge in [0.2, 0.25) is 0 Å². The Balaban J connectivity index is 1.44. The SMILES string of the molecule is O=C(NCc1ccccc1-n1cncn1)c1ccc(C2CCCO2)s1. The molecule has 1 aliphatic heterocycles. The quantitative estimate of drug-likeness (QED) is 0.764. The van der Waals surface area contributed by atoms with Crippen molar-refractivity contribution in [2.45, 2.75) is 25.5 Å². The number of nitrogens with zero attached hydrogens (tertiary/aromatic N) is 3. The monoisotopic (exact) mass is 354 g/mol. The molecule has 2 aromatic heterocycles. The fraction of sp³-hybridized carbons (Fsp3) is 0.278. The summed E-state index contributed by atoms with van der Waals surface area (Å²) < 4.78 is 7.38. The highest BCUT2D eigenvalue weighted by atomic mass is 32.1. The molecule has 25 heavy (non-hydrogen) atoms. The number of thiophene rings is 1. The summed E-state index contributed by atoms with van der Waals surface area (Å²) in [7, 11) is 0. The zero-order valence-corrected chi connectivity index (χ0v) is 14.4. The second kappa shape index (κ2) is 7.16. The van der Waals surface area contributed by atoms with Gasteiger partial charge >= 0.3 is 0 Å². The van der Waals surface area contributed by atoms with Crippen molar-refractivity contribution in [2.75, 3.05) is 6.61 Å². The van der Waals surface area contributed by atoms with Crippen LogP contribution in [0.15, 0.2) is 49.1 Å². The Kier molecular flexibility index (Phi) is 4.58. The summed E-state index contributed by atoms with van der Waals surface area (Å²) in [4.78, 5) is 18.3. The zero-order chi connectivity index (χ0) is 17.1. The molecule has 1 aromatic carbocycles. The van der Waals surface area contributed by atoms with Crippen molar-refractivity contribution < 1.29 is 9.53 Å². The third-order valence-electron chi connectivity index (χ3n) is 4.19. The first-order valence-electron chi connectivity index (χ1n) is 8.24. The van der Waals surface area contributed by atoms with Gasteiger partial charge in [-0.1, -0.05) is 18.2 Å². The van der Waals surface area contributed by atoms with Gasteiger partial charge in [0.1, 0.15) is 12.7 Å². The number of benzene rings is 1. The van der Waals surface area contributed by atoms with Gasteiger partial charge in [-0.25, -0.2) is 9.67 Å². The third-order valence-corrected chi connectivity index (χ3v) is 5.37. The number of carbonyl (C=O) groups excluding carboxylic acids is 1. The number of para-hydroxylation sites is 1. The van der Waals surface area contributed by atoms with Crippen molar-refractivity contribution in [2.24, 2.45) is 0 Å². The number of aromatic nitrogens is 3. The second-order valence-corrected chi connectivity index (χ2v) is 6.97. The van der Waals surface area contributed by atoms with E-state index in [-0.39, 0.29) is 12.0 Å². The van der Waals surface area contributed by atoms with Crippen LogP contribution in [0, 0.1) is 0 Å². The van der Waals surface area contributed by atoms with Gasteiger partial charge in [-0.15, -0.1) is 11.3 Å². The smallest absolute Gasteiger partial charge is 0.261 e. The number of hydrogen-bond acceptors (Lipinski definition) is 5. The van der Waals surface area contributed by atoms with Crippen molar-refractivity contribution in [1.82, 2.24) is 20.1 Å². The summed E-state index contributed by atoms with van der Waals surface area (Å²) in [6.45, 7) is 1.24. The third kappa shape index (κ3) is 3.47. The number of ether oxygens (including phenoxy) is 1. The molecule has 4 rings (SSSR count). The predicted octanol–water partition coefficient (Wildman–Crippen LogP) is 3.11. The molecular weight excluding hydrogens is 336 g/mol. The summed E-state index contributed by atoms with van der Waals surface area (Å²) in [6, 6.07) is 11.7. The van der Waals surface area contributed by atoms with Gasteiger partial charge in [0.15, 0.2) is 0 Å². The number of amides is 1. The Bertz CT molecular complexity index is 854. The van der Waals surface area contributed by atoms with E-state index in [1.807, 2.05) is 36.4 Å². The predicted molar refractivity (Wildman–Crippen MR) is 94.8 cm³/mol. The van der Waals surface area contributed by atoms with Crippen LogP contribution >= 0.6 is 11.3 Å². The molecule has 1 saturated heterocycles. The van der Waals surface area contributed by atoms with Crippen LogP contribution in [0.2, 0.25) is 0 Å². The van der Waals surface area contributed by atoms with Crippen LogP contribution in [0.4, 0.5) is 0 Å². The van der Waals surface area contributed by atoms with Crippen LogP contribution in [0.1, 0.15) is 39.1 Å². The van der Waals surface area contributed by atoms with Gasteiger partial charge in [-0.2, -0.15) is 5.10 Å². The Morgan fingerprint density at radius 2 is 2.24 bits per heavy atom. The van der Waals surface area contributed by atoms with Crippen LogP contribution < -0.4 is 5.32 Å². The lowest BCUT2D eigenvalue weighted by molar-refractivity contribution is 0.0955. The van der Waals surface area contributed by atoms with Crippen molar-refractivity contribution in [3.05, 3.63) is 64.4 Å². The molecule has 3 heterocycles. The van der Waals surface area contributed by atoms with E-state index < -0.39 is 0 Å². The van der Waals surface area contributed by atoms with E-state index in [4.69, 9.17) is 4.74 Å². The van der Waals surface area contributed by atoms with Crippen molar-refractivity contribution >= 4 is 17.2 Å². The van der Waals surface area contributed by atoms with Crippen molar-refractivity contribution in [3.63, 3.8) is 0 Å². The first-order valence-corrected chi connectivity index (χ1v) is 9.05. The molecule has 1 fully saturated rings. The summed E-state index contributed by atoms with van der Waals surface area (Å²) >= 11 is 1.51. The van der Waals surface area contributed by atoms with E-state index in [0.29, 0.717) is 11.4 Å². The van der Waals surface area contributed by atoms with Crippen LogP contribution in [-0.2, 0) is 11.3 Å². The van der Waals surface area contributed by atoms with Crippen LogP contribution in [0.25, 0.3) is 5.69 Å². The van der Waals surface area contributed by atoms with E-state index in [1.54, 1.807) is 11.0 Å². The molecule has 0 aliphatic carbocycles. The lowest BCUT2D eigenvalue weighted by Crippen LogP contribution is -2.22. The largest absolute Gasteiger partial charge is 0.373 e. The lowest BCUT2D eigenvalue weighted by atomic mass is 10.2. The Morgan fingerprint density at radius 1 is 1.32 bits per heavy atom. The zero-order valence-electron chi connectivity index (χ0n) is 13.6. The maximum atomic E-state index is 12.5. The van der Waals surface area contributed by atoms with E-state index in [9.17, 15) is 4.79 Å². The number of carbonyl (C=O) groups is 1. The van der Waals surface area contributed by atoms with E-state index >= 15 is 0 Å². The molecule has 7 heteroatoms. The minimum atomic E-state index is -0.0670. The fourth-order valence-corrected chi connectivity index (χ4v) is 3.94. The molecule has 128 valence electrons. The molecule has 6 nitrogen and oxygen atoms in total. The molecular formula is C18H18N4O2S. The second-order valence-electron chi connectivity index (χ2n) is 5.86.